The molecule has 11 aromatic rings. The van der Waals surface area contributed by atoms with Gasteiger partial charge in [0.15, 0.2) is 0 Å². The molecule has 63 heavy (non-hydrogen) atoms. The summed E-state index contributed by atoms with van der Waals surface area (Å²) in [7, 11) is 0. The molecule has 3 aromatic heterocycles. The largest absolute Gasteiger partial charge is 0.507 e. The third-order valence-electron chi connectivity index (χ3n) is 12.2. The number of para-hydroxylation sites is 4. The zero-order chi connectivity index (χ0) is 42.7. The Morgan fingerprint density at radius 1 is 0.460 bits per heavy atom. The van der Waals surface area contributed by atoms with E-state index in [1.807, 2.05) is 24.4 Å². The highest BCUT2D eigenvalue weighted by molar-refractivity contribution is 6.15. The molecule has 11 rings (SSSR count). The lowest BCUT2D eigenvalue weighted by atomic mass is 9.85. The number of nitrogens with zero attached hydrogens (tertiary/aromatic N) is 4. The summed E-state index contributed by atoms with van der Waals surface area (Å²) in [5, 5.41) is 13.7. The van der Waals surface area contributed by atoms with Crippen LogP contribution in [0.2, 0.25) is 0 Å². The third kappa shape index (κ3) is 6.57. The molecule has 0 aliphatic carbocycles. The number of aromatic hydroxyl groups is 1. The van der Waals surface area contributed by atoms with Crippen molar-refractivity contribution in [2.24, 2.45) is 0 Å². The second-order valence-electron chi connectivity index (χ2n) is 17.2. The van der Waals surface area contributed by atoms with E-state index in [1.54, 1.807) is 6.07 Å². The van der Waals surface area contributed by atoms with Gasteiger partial charge in [0.1, 0.15) is 11.6 Å². The molecule has 0 fully saturated rings. The summed E-state index contributed by atoms with van der Waals surface area (Å²) in [5.41, 5.74) is 16.2. The first kappa shape index (κ1) is 37.9. The number of aromatic nitrogens is 4. The molecule has 0 unspecified atom stereocenters. The fraction of sp³-hybridized carbons (Fsp3) is 0.0690. The Morgan fingerprint density at radius 2 is 1.10 bits per heavy atom. The number of phenolic OH excluding ortho intramolecular Hbond substituents is 1. The van der Waals surface area contributed by atoms with Crippen LogP contribution in [-0.4, -0.2) is 24.2 Å². The molecule has 8 aromatic carbocycles. The van der Waals surface area contributed by atoms with Gasteiger partial charge in [-0.2, -0.15) is 0 Å². The van der Waals surface area contributed by atoms with Gasteiger partial charge in [0.25, 0.3) is 0 Å². The lowest BCUT2D eigenvalue weighted by Gasteiger charge is -2.23. The van der Waals surface area contributed by atoms with Crippen molar-refractivity contribution in [3.63, 3.8) is 0 Å². The van der Waals surface area contributed by atoms with Gasteiger partial charge in [0, 0.05) is 39.3 Å². The van der Waals surface area contributed by atoms with E-state index in [-0.39, 0.29) is 11.2 Å². The molecule has 1 N–H and O–H groups in total. The second kappa shape index (κ2) is 15.2. The highest BCUT2D eigenvalue weighted by Crippen LogP contribution is 2.44. The molecular formula is C58H44N4O. The fourth-order valence-electron chi connectivity index (χ4n) is 9.17. The fourth-order valence-corrected chi connectivity index (χ4v) is 9.17. The number of rotatable bonds is 7. The average Bonchev–Trinajstić information content (AvgIpc) is 3.88. The van der Waals surface area contributed by atoms with Crippen LogP contribution >= 0.6 is 0 Å². The molecule has 0 saturated heterocycles. The normalized spacial score (nSPS) is 11.8. The number of hydrogen-bond acceptors (Lipinski definition) is 3. The zero-order valence-corrected chi connectivity index (χ0v) is 35.4. The number of hydrogen-bond donors (Lipinski definition) is 1. The van der Waals surface area contributed by atoms with Gasteiger partial charge in [-0.1, -0.05) is 148 Å². The Balaban J connectivity index is 1.20. The van der Waals surface area contributed by atoms with Crippen LogP contribution in [0.1, 0.15) is 26.3 Å². The number of imidazole rings is 1. The highest BCUT2D eigenvalue weighted by atomic mass is 16.3. The van der Waals surface area contributed by atoms with Crippen molar-refractivity contribution in [3.05, 3.63) is 212 Å². The Morgan fingerprint density at radius 3 is 1.86 bits per heavy atom. The summed E-state index contributed by atoms with van der Waals surface area (Å²) >= 11 is 0. The van der Waals surface area contributed by atoms with E-state index in [2.05, 4.69) is 206 Å². The predicted molar refractivity (Wildman–Crippen MR) is 261 cm³/mol. The summed E-state index contributed by atoms with van der Waals surface area (Å²) < 4.78 is 4.56. The molecular weight excluding hydrogens is 769 g/mol. The second-order valence-corrected chi connectivity index (χ2v) is 17.2. The van der Waals surface area contributed by atoms with Crippen LogP contribution in [0.5, 0.6) is 5.75 Å². The Labute approximate surface area is 366 Å². The van der Waals surface area contributed by atoms with E-state index < -0.39 is 0 Å². The van der Waals surface area contributed by atoms with Gasteiger partial charge in [-0.05, 0) is 106 Å². The van der Waals surface area contributed by atoms with Gasteiger partial charge in [-0.3, -0.25) is 9.55 Å². The summed E-state index contributed by atoms with van der Waals surface area (Å²) in [6.45, 7) is 6.74. The monoisotopic (exact) mass is 812 g/mol. The maximum atomic E-state index is 11.5. The highest BCUT2D eigenvalue weighted by Gasteiger charge is 2.25. The molecule has 3 heterocycles. The first-order valence-electron chi connectivity index (χ1n) is 21.5. The molecule has 0 aliphatic rings. The van der Waals surface area contributed by atoms with Crippen molar-refractivity contribution in [2.75, 3.05) is 0 Å². The topological polar surface area (TPSA) is 55.9 Å². The van der Waals surface area contributed by atoms with Gasteiger partial charge in [0.05, 0.1) is 39.0 Å². The molecule has 0 amide bonds. The Bertz CT molecular complexity index is 3490. The number of pyridine rings is 1. The number of fused-ring (bicyclic) bond motifs is 4. The van der Waals surface area contributed by atoms with Crippen LogP contribution in [0.3, 0.4) is 0 Å². The van der Waals surface area contributed by atoms with E-state index >= 15 is 0 Å². The van der Waals surface area contributed by atoms with Gasteiger partial charge >= 0.3 is 0 Å². The maximum absolute atomic E-state index is 11.5. The van der Waals surface area contributed by atoms with Crippen LogP contribution in [0.15, 0.2) is 206 Å². The van der Waals surface area contributed by atoms with Gasteiger partial charge in [-0.15, -0.1) is 0 Å². The van der Waals surface area contributed by atoms with Crippen LogP contribution < -0.4 is 0 Å². The average molecular weight is 813 g/mol. The van der Waals surface area contributed by atoms with Crippen molar-refractivity contribution in [3.8, 4) is 73.2 Å². The van der Waals surface area contributed by atoms with Crippen molar-refractivity contribution in [2.45, 2.75) is 26.2 Å². The van der Waals surface area contributed by atoms with Gasteiger partial charge in [0.2, 0.25) is 0 Å². The third-order valence-corrected chi connectivity index (χ3v) is 12.2. The number of benzene rings is 8. The zero-order valence-electron chi connectivity index (χ0n) is 35.4. The smallest absolute Gasteiger partial charge is 0.149 e. The first-order valence-corrected chi connectivity index (χ1v) is 21.5. The van der Waals surface area contributed by atoms with E-state index in [1.165, 1.54) is 5.56 Å². The molecule has 0 spiro atoms. The molecule has 5 nitrogen and oxygen atoms in total. The SMILES string of the molecule is CC(C)(C)c1ccc(-n2c(-c3ccccc3O)nc3c(-c4cc(-c5ccccc5)cc(-c5nccc6c5c5ccccc5n6-c5ccccc5)c4)cccc32)c(-c2ccccc2)c1. The summed E-state index contributed by atoms with van der Waals surface area (Å²) in [6.07, 6.45) is 1.93. The minimum Gasteiger partial charge on any atom is -0.507 e. The minimum atomic E-state index is -0.0656. The molecule has 0 saturated carbocycles. The van der Waals surface area contributed by atoms with Crippen molar-refractivity contribution in [1.29, 1.82) is 0 Å². The molecule has 302 valence electrons. The molecule has 0 atom stereocenters. The van der Waals surface area contributed by atoms with E-state index in [0.29, 0.717) is 11.4 Å². The Kier molecular flexibility index (Phi) is 9.13. The van der Waals surface area contributed by atoms with Crippen LogP contribution in [-0.2, 0) is 5.41 Å². The standard InChI is InChI=1S/C58H44N4O/c1-58(2,3)43-30-31-50(48(37-43)39-20-9-5-10-21-39)62-52-28-17-26-45(56(52)60-57(62)47-25-14-16-29-53(47)63)41-34-40(38-18-7-4-8-19-38)35-42(36-41)55-54-46-24-13-15-27-49(46)61(51(54)32-33-59-55)44-22-11-6-12-23-44/h4-37,63H,1-3H3. The summed E-state index contributed by atoms with van der Waals surface area (Å²) in [5.74, 6) is 0.834. The lowest BCUT2D eigenvalue weighted by Crippen LogP contribution is -2.12. The molecule has 0 bridgehead atoms. The first-order chi connectivity index (χ1) is 30.8. The van der Waals surface area contributed by atoms with Gasteiger partial charge in [-0.25, -0.2) is 4.98 Å². The van der Waals surface area contributed by atoms with Crippen LogP contribution in [0.4, 0.5) is 0 Å². The maximum Gasteiger partial charge on any atom is 0.149 e. The molecule has 0 radical (unpaired) electrons. The van der Waals surface area contributed by atoms with E-state index in [4.69, 9.17) is 9.97 Å². The quantitative estimate of drug-likeness (QED) is 0.174. The number of phenols is 1. The van der Waals surface area contributed by atoms with E-state index in [0.717, 1.165) is 88.9 Å². The van der Waals surface area contributed by atoms with E-state index in [9.17, 15) is 5.11 Å². The van der Waals surface area contributed by atoms with Crippen molar-refractivity contribution in [1.82, 2.24) is 19.1 Å². The minimum absolute atomic E-state index is 0.0656. The van der Waals surface area contributed by atoms with Crippen molar-refractivity contribution < 1.29 is 5.11 Å². The molecule has 0 aliphatic heterocycles. The predicted octanol–water partition coefficient (Wildman–Crippen LogP) is 14.9. The van der Waals surface area contributed by atoms with Crippen LogP contribution in [0, 0.1) is 0 Å². The summed E-state index contributed by atoms with van der Waals surface area (Å²) in [6, 6.07) is 69.9. The Hall–Kier alpha value is -8.02. The van der Waals surface area contributed by atoms with Crippen LogP contribution in [0.25, 0.3) is 100 Å². The van der Waals surface area contributed by atoms with Crippen molar-refractivity contribution >= 4 is 32.8 Å². The van der Waals surface area contributed by atoms with Gasteiger partial charge < -0.3 is 9.67 Å². The lowest BCUT2D eigenvalue weighted by molar-refractivity contribution is 0.477. The molecule has 5 heteroatoms. The summed E-state index contributed by atoms with van der Waals surface area (Å²) in [4.78, 5) is 10.7.